The molecule has 2 atom stereocenters. The molecule has 0 unspecified atom stereocenters. The van der Waals surface area contributed by atoms with Crippen LogP contribution >= 0.6 is 11.6 Å². The van der Waals surface area contributed by atoms with Crippen LogP contribution in [0.25, 0.3) is 0 Å². The molecule has 2 aliphatic heterocycles. The van der Waals surface area contributed by atoms with E-state index in [-0.39, 0.29) is 11.8 Å². The number of aliphatic carboxylic acids is 1. The van der Waals surface area contributed by atoms with Crippen molar-refractivity contribution in [2.45, 2.75) is 39.4 Å². The summed E-state index contributed by atoms with van der Waals surface area (Å²) in [5.41, 5.74) is 2.71. The normalized spacial score (nSPS) is 20.7. The second kappa shape index (κ2) is 8.60. The van der Waals surface area contributed by atoms with Crippen LogP contribution in [-0.2, 0) is 9.53 Å². The Morgan fingerprint density at radius 3 is 2.68 bits per heavy atom. The highest BCUT2D eigenvalue weighted by Crippen LogP contribution is 2.46. The van der Waals surface area contributed by atoms with Gasteiger partial charge in [-0.05, 0) is 29.7 Å². The van der Waals surface area contributed by atoms with E-state index in [0.29, 0.717) is 36.3 Å². The van der Waals surface area contributed by atoms with Crippen LogP contribution in [0.3, 0.4) is 0 Å². The first-order valence-electron chi connectivity index (χ1n) is 10.5. The third-order valence-electron chi connectivity index (χ3n) is 5.31. The predicted octanol–water partition coefficient (Wildman–Crippen LogP) is 4.93. The van der Waals surface area contributed by atoms with Gasteiger partial charge in [0.15, 0.2) is 11.5 Å². The fourth-order valence-corrected chi connectivity index (χ4v) is 4.43. The lowest BCUT2D eigenvalue weighted by atomic mass is 9.94. The van der Waals surface area contributed by atoms with Crippen molar-refractivity contribution >= 4 is 23.3 Å². The zero-order chi connectivity index (χ0) is 22.2. The minimum absolute atomic E-state index is 0.00732. The van der Waals surface area contributed by atoms with Gasteiger partial charge in [0.05, 0.1) is 12.5 Å². The highest BCUT2D eigenvalue weighted by Gasteiger charge is 2.35. The van der Waals surface area contributed by atoms with Gasteiger partial charge in [0.25, 0.3) is 0 Å². The van der Waals surface area contributed by atoms with Gasteiger partial charge in [0.2, 0.25) is 0 Å². The summed E-state index contributed by atoms with van der Waals surface area (Å²) >= 11 is 6.40. The summed E-state index contributed by atoms with van der Waals surface area (Å²) in [7, 11) is 0. The number of rotatable bonds is 4. The molecule has 0 spiro atoms. The third-order valence-corrected chi connectivity index (χ3v) is 5.55. The number of carboxylic acids is 1. The number of halogens is 1. The lowest BCUT2D eigenvalue weighted by Gasteiger charge is -2.33. The van der Waals surface area contributed by atoms with E-state index >= 15 is 0 Å². The van der Waals surface area contributed by atoms with Crippen LogP contribution in [0.1, 0.15) is 44.4 Å². The fourth-order valence-electron chi connectivity index (χ4n) is 4.25. The Bertz CT molecular complexity index is 971. The number of hydrogen-bond acceptors (Lipinski definition) is 5. The molecule has 166 valence electrons. The number of anilines is 1. The number of fused-ring (bicyclic) bond motifs is 2. The average Bonchev–Trinajstić information content (AvgIpc) is 2.82. The lowest BCUT2D eigenvalue weighted by molar-refractivity contribution is -0.140. The van der Waals surface area contributed by atoms with E-state index in [2.05, 4.69) is 25.7 Å². The van der Waals surface area contributed by atoms with Crippen molar-refractivity contribution in [3.05, 3.63) is 52.5 Å². The van der Waals surface area contributed by atoms with Crippen molar-refractivity contribution in [2.24, 2.45) is 5.41 Å². The summed E-state index contributed by atoms with van der Waals surface area (Å²) in [5.74, 6) is 0.419. The molecule has 0 radical (unpaired) electrons. The first-order valence-corrected chi connectivity index (χ1v) is 10.9. The molecule has 0 bridgehead atoms. The Labute approximate surface area is 187 Å². The van der Waals surface area contributed by atoms with Crippen LogP contribution in [0, 0.1) is 5.41 Å². The highest BCUT2D eigenvalue weighted by atomic mass is 35.5. The number of hydrogen-bond donors (Lipinski definition) is 1. The molecule has 7 heteroatoms. The van der Waals surface area contributed by atoms with Crippen LogP contribution in [0.5, 0.6) is 11.5 Å². The zero-order valence-electron chi connectivity index (χ0n) is 18.1. The second-order valence-corrected chi connectivity index (χ2v) is 9.69. The molecule has 4 rings (SSSR count). The van der Waals surface area contributed by atoms with Crippen LogP contribution in [0.2, 0.25) is 5.02 Å². The molecule has 0 aromatic heterocycles. The van der Waals surface area contributed by atoms with Crippen molar-refractivity contribution in [1.82, 2.24) is 0 Å². The molecule has 0 aliphatic carbocycles. The van der Waals surface area contributed by atoms with Crippen LogP contribution < -0.4 is 14.4 Å². The molecule has 1 N–H and O–H groups in total. The predicted molar refractivity (Wildman–Crippen MR) is 120 cm³/mol. The van der Waals surface area contributed by atoms with Gasteiger partial charge < -0.3 is 24.2 Å². The van der Waals surface area contributed by atoms with Crippen LogP contribution in [-0.4, -0.2) is 43.5 Å². The Kier molecular flexibility index (Phi) is 6.04. The van der Waals surface area contributed by atoms with E-state index in [4.69, 9.17) is 25.8 Å². The summed E-state index contributed by atoms with van der Waals surface area (Å²) in [5, 5.41) is 10.1. The standard InChI is InChI=1S/C24H28ClNO5/c1-24(2,3)14-26-13-16(12-21(27)28)31-22(18-11-15(25)7-8-19(18)26)17-5-4-6-20-23(17)30-10-9-29-20/h4-8,11,16,22H,9-10,12-14H2,1-3H3,(H,27,28)/t16-,22-/m1/s1. The maximum Gasteiger partial charge on any atom is 0.306 e. The summed E-state index contributed by atoms with van der Waals surface area (Å²) in [6.07, 6.45) is -1.12. The van der Waals surface area contributed by atoms with E-state index in [9.17, 15) is 9.90 Å². The van der Waals surface area contributed by atoms with Gasteiger partial charge in [-0.2, -0.15) is 0 Å². The molecule has 0 fully saturated rings. The monoisotopic (exact) mass is 445 g/mol. The first kappa shape index (κ1) is 21.8. The van der Waals surface area contributed by atoms with Gasteiger partial charge in [-0.3, -0.25) is 4.79 Å². The molecule has 0 amide bonds. The maximum absolute atomic E-state index is 11.6. The van der Waals surface area contributed by atoms with E-state index in [1.807, 2.05) is 36.4 Å². The molecule has 2 aromatic rings. The van der Waals surface area contributed by atoms with Gasteiger partial charge >= 0.3 is 5.97 Å². The Balaban J connectivity index is 1.86. The smallest absolute Gasteiger partial charge is 0.306 e. The molecule has 2 heterocycles. The number of carbonyl (C=O) groups is 1. The lowest BCUT2D eigenvalue weighted by Crippen LogP contribution is -2.39. The molecule has 0 saturated carbocycles. The quantitative estimate of drug-likeness (QED) is 0.719. The molecule has 31 heavy (non-hydrogen) atoms. The Morgan fingerprint density at radius 1 is 1.16 bits per heavy atom. The maximum atomic E-state index is 11.6. The number of nitrogens with zero attached hydrogens (tertiary/aromatic N) is 1. The van der Waals surface area contributed by atoms with E-state index in [1.54, 1.807) is 0 Å². The topological polar surface area (TPSA) is 68.2 Å². The van der Waals surface area contributed by atoms with E-state index in [1.165, 1.54) is 0 Å². The number of ether oxygens (including phenoxy) is 3. The zero-order valence-corrected chi connectivity index (χ0v) is 18.8. The molecule has 0 saturated heterocycles. The largest absolute Gasteiger partial charge is 0.486 e. The van der Waals surface area contributed by atoms with Gasteiger partial charge in [0, 0.05) is 34.9 Å². The van der Waals surface area contributed by atoms with Gasteiger partial charge in [-0.25, -0.2) is 0 Å². The molecule has 6 nitrogen and oxygen atoms in total. The van der Waals surface area contributed by atoms with Crippen molar-refractivity contribution in [3.8, 4) is 11.5 Å². The van der Waals surface area contributed by atoms with Gasteiger partial charge in [-0.15, -0.1) is 0 Å². The van der Waals surface area contributed by atoms with Gasteiger partial charge in [-0.1, -0.05) is 44.5 Å². The Hall–Kier alpha value is -2.44. The number of benzene rings is 2. The van der Waals surface area contributed by atoms with Crippen molar-refractivity contribution in [3.63, 3.8) is 0 Å². The molecule has 2 aromatic carbocycles. The van der Waals surface area contributed by atoms with Crippen LogP contribution in [0.4, 0.5) is 5.69 Å². The SMILES string of the molecule is CC(C)(C)CN1C[C@@H](CC(=O)O)O[C@H](c2cccc3c2OCCO3)c2cc(Cl)ccc21. The van der Waals surface area contributed by atoms with E-state index in [0.717, 1.165) is 23.4 Å². The minimum Gasteiger partial charge on any atom is -0.486 e. The first-order chi connectivity index (χ1) is 14.7. The summed E-state index contributed by atoms with van der Waals surface area (Å²) in [6, 6.07) is 11.5. The van der Waals surface area contributed by atoms with Crippen molar-refractivity contribution < 1.29 is 24.1 Å². The summed E-state index contributed by atoms with van der Waals surface area (Å²) < 4.78 is 18.2. The van der Waals surface area contributed by atoms with Crippen molar-refractivity contribution in [1.29, 1.82) is 0 Å². The minimum atomic E-state index is -0.891. The summed E-state index contributed by atoms with van der Waals surface area (Å²) in [6.45, 7) is 8.66. The number of para-hydroxylation sites is 1. The van der Waals surface area contributed by atoms with Crippen LogP contribution in [0.15, 0.2) is 36.4 Å². The van der Waals surface area contributed by atoms with Gasteiger partial charge in [0.1, 0.15) is 19.3 Å². The summed E-state index contributed by atoms with van der Waals surface area (Å²) in [4.78, 5) is 13.8. The molecule has 2 aliphatic rings. The highest BCUT2D eigenvalue weighted by molar-refractivity contribution is 6.30. The average molecular weight is 446 g/mol. The second-order valence-electron chi connectivity index (χ2n) is 9.25. The number of carboxylic acid groups (broad SMARTS) is 1. The van der Waals surface area contributed by atoms with E-state index < -0.39 is 18.2 Å². The van der Waals surface area contributed by atoms with Crippen molar-refractivity contribution in [2.75, 3.05) is 31.2 Å². The fraction of sp³-hybridized carbons (Fsp3) is 0.458. The molecular weight excluding hydrogens is 418 g/mol. The Morgan fingerprint density at radius 2 is 1.94 bits per heavy atom. The molecular formula is C24H28ClNO5. The third kappa shape index (κ3) is 4.91.